The molecule has 0 aliphatic rings. The predicted octanol–water partition coefficient (Wildman–Crippen LogP) is 9.64. The molecule has 0 saturated carbocycles. The van der Waals surface area contributed by atoms with Crippen LogP contribution < -0.4 is 0 Å². The molecule has 2 unspecified atom stereocenters. The fourth-order valence-corrected chi connectivity index (χ4v) is 7.05. The van der Waals surface area contributed by atoms with Gasteiger partial charge in [-0.05, 0) is 38.6 Å². The van der Waals surface area contributed by atoms with E-state index in [-0.39, 0.29) is 12.2 Å². The molecule has 2 atom stereocenters. The minimum Gasteiger partial charge on any atom is -0.392 e. The van der Waals surface area contributed by atoms with Gasteiger partial charge in [-0.25, -0.2) is 0 Å². The highest BCUT2D eigenvalue weighted by molar-refractivity contribution is 8.76. The molecule has 36 heavy (non-hydrogen) atoms. The van der Waals surface area contributed by atoms with Crippen molar-refractivity contribution in [2.24, 2.45) is 0 Å². The molecule has 0 saturated heterocycles. The highest BCUT2D eigenvalue weighted by atomic mass is 33.1. The predicted molar refractivity (Wildman–Crippen MR) is 167 cm³/mol. The first kappa shape index (κ1) is 36.6. The van der Waals surface area contributed by atoms with E-state index in [4.69, 9.17) is 0 Å². The highest BCUT2D eigenvalue weighted by Gasteiger charge is 2.15. The lowest BCUT2D eigenvalue weighted by Gasteiger charge is -2.27. The molecule has 0 aliphatic heterocycles. The molecule has 218 valence electrons. The summed E-state index contributed by atoms with van der Waals surface area (Å²) in [7, 11) is 3.99. The van der Waals surface area contributed by atoms with Crippen LogP contribution in [0.5, 0.6) is 0 Å². The zero-order valence-corrected chi connectivity index (χ0v) is 26.3. The smallest absolute Gasteiger partial charge is 0.0667 e. The molecule has 3 nitrogen and oxygen atoms in total. The van der Waals surface area contributed by atoms with E-state index in [0.717, 1.165) is 51.7 Å². The Morgan fingerprint density at radius 2 is 0.889 bits per heavy atom. The van der Waals surface area contributed by atoms with Gasteiger partial charge in [-0.1, -0.05) is 145 Å². The van der Waals surface area contributed by atoms with Gasteiger partial charge in [0.1, 0.15) is 0 Å². The van der Waals surface area contributed by atoms with Crippen molar-refractivity contribution in [3.8, 4) is 0 Å². The van der Waals surface area contributed by atoms with Gasteiger partial charge in [-0.2, -0.15) is 0 Å². The van der Waals surface area contributed by atoms with Crippen molar-refractivity contribution in [3.63, 3.8) is 0 Å². The fraction of sp³-hybridized carbons (Fsp3) is 1.00. The largest absolute Gasteiger partial charge is 0.392 e. The number of aliphatic hydroxyl groups is 2. The third kappa shape index (κ3) is 27.6. The maximum absolute atomic E-state index is 10.7. The van der Waals surface area contributed by atoms with Crippen molar-refractivity contribution in [2.45, 2.75) is 168 Å². The van der Waals surface area contributed by atoms with E-state index in [9.17, 15) is 10.2 Å². The van der Waals surface area contributed by atoms with Gasteiger partial charge in [-0.15, -0.1) is 0 Å². The molecule has 0 aromatic carbocycles. The van der Waals surface area contributed by atoms with Crippen LogP contribution in [-0.2, 0) is 0 Å². The Labute approximate surface area is 235 Å². The van der Waals surface area contributed by atoms with Gasteiger partial charge in [0.2, 0.25) is 0 Å². The average Bonchev–Trinajstić information content (AvgIpc) is 2.86. The molecule has 0 fully saturated rings. The molecule has 0 amide bonds. The van der Waals surface area contributed by atoms with Crippen molar-refractivity contribution in [2.75, 3.05) is 31.1 Å². The summed E-state index contributed by atoms with van der Waals surface area (Å²) in [6.45, 7) is 9.23. The Balaban J connectivity index is 4.17. The molecule has 0 aromatic heterocycles. The van der Waals surface area contributed by atoms with Gasteiger partial charge < -0.3 is 10.2 Å². The van der Waals surface area contributed by atoms with Gasteiger partial charge in [0.05, 0.1) is 12.2 Å². The van der Waals surface area contributed by atoms with Gasteiger partial charge >= 0.3 is 0 Å². The van der Waals surface area contributed by atoms with Crippen LogP contribution in [0.4, 0.5) is 0 Å². The van der Waals surface area contributed by atoms with Crippen LogP contribution in [0.3, 0.4) is 0 Å². The second-order valence-electron chi connectivity index (χ2n) is 10.9. The normalized spacial score (nSPS) is 13.5. The zero-order valence-electron chi connectivity index (χ0n) is 24.7. The van der Waals surface area contributed by atoms with Crippen molar-refractivity contribution < 1.29 is 10.2 Å². The second-order valence-corrected chi connectivity index (χ2v) is 13.6. The van der Waals surface area contributed by atoms with Gasteiger partial charge in [0.15, 0.2) is 0 Å². The maximum atomic E-state index is 10.7. The Morgan fingerprint density at radius 1 is 0.472 bits per heavy atom. The fourth-order valence-electron chi connectivity index (χ4n) is 4.76. The Morgan fingerprint density at radius 3 is 1.33 bits per heavy atom. The van der Waals surface area contributed by atoms with E-state index in [0.29, 0.717) is 0 Å². The van der Waals surface area contributed by atoms with E-state index >= 15 is 0 Å². The topological polar surface area (TPSA) is 43.7 Å². The summed E-state index contributed by atoms with van der Waals surface area (Å²) in [4.78, 5) is 2.36. The lowest BCUT2D eigenvalue weighted by atomic mass is 10.0. The average molecular weight is 548 g/mol. The number of unbranched alkanes of at least 4 members (excludes halogenated alkanes) is 15. The van der Waals surface area contributed by atoms with E-state index < -0.39 is 0 Å². The highest BCUT2D eigenvalue weighted by Crippen LogP contribution is 2.23. The summed E-state index contributed by atoms with van der Waals surface area (Å²) in [6.07, 6.45) is 25.9. The molecule has 5 heteroatoms. The summed E-state index contributed by atoms with van der Waals surface area (Å²) in [6, 6.07) is 0. The minimum atomic E-state index is -0.255. The van der Waals surface area contributed by atoms with Crippen LogP contribution in [0, 0.1) is 0 Å². The van der Waals surface area contributed by atoms with E-state index in [1.54, 1.807) is 0 Å². The lowest BCUT2D eigenvalue weighted by molar-refractivity contribution is 0.0599. The van der Waals surface area contributed by atoms with Crippen LogP contribution in [0.2, 0.25) is 0 Å². The molecule has 0 spiro atoms. The number of hydrogen-bond acceptors (Lipinski definition) is 5. The summed E-state index contributed by atoms with van der Waals surface area (Å²) >= 11 is 0. The second kappa shape index (κ2) is 30.1. The quantitative estimate of drug-likeness (QED) is 0.0692. The van der Waals surface area contributed by atoms with Gasteiger partial charge in [0.25, 0.3) is 0 Å². The summed E-state index contributed by atoms with van der Waals surface area (Å²) in [5.74, 6) is 2.45. The van der Waals surface area contributed by atoms with Gasteiger partial charge in [-0.3, -0.25) is 4.90 Å². The van der Waals surface area contributed by atoms with Crippen LogP contribution in [0.25, 0.3) is 0 Å². The number of aliphatic hydroxyl groups excluding tert-OH is 2. The first-order valence-corrected chi connectivity index (χ1v) is 18.5. The van der Waals surface area contributed by atoms with E-state index in [1.807, 2.05) is 21.6 Å². The number of nitrogens with zero attached hydrogens (tertiary/aromatic N) is 1. The molecule has 2 N–H and O–H groups in total. The third-order valence-corrected chi connectivity index (χ3v) is 9.74. The summed E-state index contributed by atoms with van der Waals surface area (Å²) in [5.41, 5.74) is 0. The van der Waals surface area contributed by atoms with Crippen LogP contribution in [-0.4, -0.2) is 58.5 Å². The van der Waals surface area contributed by atoms with Crippen molar-refractivity contribution in [3.05, 3.63) is 0 Å². The Kier molecular flexibility index (Phi) is 30.6. The van der Waals surface area contributed by atoms with Crippen LogP contribution >= 0.6 is 21.6 Å². The van der Waals surface area contributed by atoms with Crippen molar-refractivity contribution in [1.29, 1.82) is 0 Å². The number of hydrogen-bond donors (Lipinski definition) is 2. The minimum absolute atomic E-state index is 0.255. The zero-order chi connectivity index (χ0) is 26.5. The number of rotatable bonds is 30. The first-order chi connectivity index (χ1) is 17.6. The molecular weight excluding hydrogens is 482 g/mol. The molecule has 0 bridgehead atoms. The maximum Gasteiger partial charge on any atom is 0.0667 e. The lowest BCUT2D eigenvalue weighted by Crippen LogP contribution is -2.38. The Bertz CT molecular complexity index is 386. The van der Waals surface area contributed by atoms with Crippen LogP contribution in [0.1, 0.15) is 156 Å². The SMILES string of the molecule is CCCCCCCCCCC(O)CN(CCCCSSCCC)CC(O)CCCCCCCCCC. The first-order valence-electron chi connectivity index (χ1n) is 16.0. The molecule has 0 heterocycles. The van der Waals surface area contributed by atoms with Crippen molar-refractivity contribution >= 4 is 21.6 Å². The molecule has 0 aromatic rings. The molecule has 0 radical (unpaired) electrons. The summed E-state index contributed by atoms with van der Waals surface area (Å²) < 4.78 is 0. The molecular formula is C31H65NO2S2. The summed E-state index contributed by atoms with van der Waals surface area (Å²) in [5, 5.41) is 21.4. The van der Waals surface area contributed by atoms with E-state index in [1.165, 1.54) is 114 Å². The molecule has 0 rings (SSSR count). The van der Waals surface area contributed by atoms with Crippen LogP contribution in [0.15, 0.2) is 0 Å². The van der Waals surface area contributed by atoms with Crippen molar-refractivity contribution in [1.82, 2.24) is 4.90 Å². The van der Waals surface area contributed by atoms with Gasteiger partial charge in [0, 0.05) is 24.6 Å². The third-order valence-electron chi connectivity index (χ3n) is 7.04. The standard InChI is InChI=1S/C31H65NO2S2/c1-4-7-9-11-13-15-17-19-23-30(33)28-32(25-21-22-27-36-35-26-6-3)29-31(34)24-20-18-16-14-12-10-8-5-2/h30-31,33-34H,4-29H2,1-3H3. The van der Waals surface area contributed by atoms with E-state index in [2.05, 4.69) is 25.7 Å². The Hall–Kier alpha value is 0.580. The monoisotopic (exact) mass is 547 g/mol. The molecule has 0 aliphatic carbocycles.